The van der Waals surface area contributed by atoms with Crippen LogP contribution in [0, 0.1) is 0 Å². The Morgan fingerprint density at radius 1 is 1.07 bits per heavy atom. The number of nitrogens with zero attached hydrogens (tertiary/aromatic N) is 1. The number of hydrogen-bond donors (Lipinski definition) is 0. The summed E-state index contributed by atoms with van der Waals surface area (Å²) in [6.07, 6.45) is 1.58. The third-order valence-corrected chi connectivity index (χ3v) is 4.22. The van der Waals surface area contributed by atoms with E-state index in [2.05, 4.69) is 0 Å². The van der Waals surface area contributed by atoms with Crippen LogP contribution in [-0.4, -0.2) is 40.7 Å². The van der Waals surface area contributed by atoms with E-state index in [1.165, 1.54) is 0 Å². The molecule has 2 rings (SSSR count). The monoisotopic (exact) mass is 389 g/mol. The smallest absolute Gasteiger partial charge is 0.204 e. The molecule has 0 bridgehead atoms. The molecule has 0 saturated heterocycles. The van der Waals surface area contributed by atoms with Gasteiger partial charge in [0.2, 0.25) is 5.78 Å². The van der Waals surface area contributed by atoms with E-state index in [4.69, 9.17) is 25.8 Å². The van der Waals surface area contributed by atoms with Crippen molar-refractivity contribution in [2.24, 2.45) is 0 Å². The van der Waals surface area contributed by atoms with Crippen molar-refractivity contribution in [2.75, 3.05) is 39.8 Å². The molecule has 144 valence electrons. The van der Waals surface area contributed by atoms with E-state index in [-0.39, 0.29) is 10.8 Å². The lowest BCUT2D eigenvalue weighted by atomic mass is 10.1. The van der Waals surface area contributed by atoms with Gasteiger partial charge in [0, 0.05) is 25.2 Å². The summed E-state index contributed by atoms with van der Waals surface area (Å²) >= 11 is 6.33. The minimum absolute atomic E-state index is 0.0791. The van der Waals surface area contributed by atoms with Gasteiger partial charge in [0.15, 0.2) is 0 Å². The van der Waals surface area contributed by atoms with Gasteiger partial charge in [-0.15, -0.1) is 0 Å². The van der Waals surface area contributed by atoms with E-state index in [1.807, 2.05) is 25.9 Å². The maximum Gasteiger partial charge on any atom is 0.204 e. The average molecular weight is 390 g/mol. The van der Waals surface area contributed by atoms with Crippen LogP contribution >= 0.6 is 11.6 Å². The zero-order valence-corrected chi connectivity index (χ0v) is 17.0. The number of carbonyl (C=O) groups excluding carboxylic acids is 1. The predicted octanol–water partition coefficient (Wildman–Crippen LogP) is 4.63. The second kappa shape index (κ2) is 9.33. The van der Waals surface area contributed by atoms with Crippen molar-refractivity contribution in [2.45, 2.75) is 6.92 Å². The molecule has 6 heteroatoms. The lowest BCUT2D eigenvalue weighted by molar-refractivity contribution is 0.104. The first-order valence-corrected chi connectivity index (χ1v) is 8.87. The topological polar surface area (TPSA) is 48.0 Å². The van der Waals surface area contributed by atoms with Crippen molar-refractivity contribution in [3.05, 3.63) is 52.6 Å². The van der Waals surface area contributed by atoms with Crippen molar-refractivity contribution in [1.82, 2.24) is 0 Å². The number of methoxy groups -OCH3 is 2. The van der Waals surface area contributed by atoms with Gasteiger partial charge in [-0.25, -0.2) is 0 Å². The molecule has 0 spiro atoms. The molecular weight excluding hydrogens is 366 g/mol. The van der Waals surface area contributed by atoms with Crippen molar-refractivity contribution in [3.8, 4) is 17.2 Å². The Morgan fingerprint density at radius 2 is 1.78 bits per heavy atom. The van der Waals surface area contributed by atoms with E-state index < -0.39 is 0 Å². The molecule has 5 nitrogen and oxygen atoms in total. The first-order valence-electron chi connectivity index (χ1n) is 8.49. The van der Waals surface area contributed by atoms with Gasteiger partial charge >= 0.3 is 0 Å². The molecular formula is C21H24ClNO4. The lowest BCUT2D eigenvalue weighted by Gasteiger charge is -2.18. The van der Waals surface area contributed by atoms with Crippen LogP contribution in [0.4, 0.5) is 5.69 Å². The largest absolute Gasteiger partial charge is 0.497 e. The number of benzene rings is 2. The number of halogens is 1. The van der Waals surface area contributed by atoms with Crippen LogP contribution in [0.1, 0.15) is 22.8 Å². The highest BCUT2D eigenvalue weighted by Gasteiger charge is 2.15. The molecule has 27 heavy (non-hydrogen) atoms. The van der Waals surface area contributed by atoms with E-state index in [9.17, 15) is 4.79 Å². The van der Waals surface area contributed by atoms with Gasteiger partial charge in [0.1, 0.15) is 17.2 Å². The molecule has 0 N–H and O–H groups in total. The number of anilines is 1. The molecule has 0 amide bonds. The third-order valence-electron chi connectivity index (χ3n) is 3.94. The van der Waals surface area contributed by atoms with Gasteiger partial charge in [0.25, 0.3) is 0 Å². The molecule has 2 aromatic rings. The number of ether oxygens (including phenoxy) is 3. The average Bonchev–Trinajstić information content (AvgIpc) is 2.67. The van der Waals surface area contributed by atoms with Crippen LogP contribution in [0.5, 0.6) is 17.2 Å². The fourth-order valence-electron chi connectivity index (χ4n) is 2.58. The van der Waals surface area contributed by atoms with Crippen molar-refractivity contribution in [1.29, 1.82) is 0 Å². The zero-order chi connectivity index (χ0) is 20.0. The van der Waals surface area contributed by atoms with Gasteiger partial charge < -0.3 is 19.1 Å². The Morgan fingerprint density at radius 3 is 2.37 bits per heavy atom. The van der Waals surface area contributed by atoms with Gasteiger partial charge in [0.05, 0.1) is 31.5 Å². The maximum absolute atomic E-state index is 12.8. The fraction of sp³-hybridized carbons (Fsp3) is 0.286. The molecule has 0 aliphatic heterocycles. The number of rotatable bonds is 8. The molecule has 2 aromatic carbocycles. The first-order chi connectivity index (χ1) is 12.9. The molecule has 0 unspecified atom stereocenters. The van der Waals surface area contributed by atoms with Crippen LogP contribution in [0.3, 0.4) is 0 Å². The molecule has 0 aliphatic carbocycles. The number of Topliss-reactive ketones (excluding diaryl/α,β-unsaturated/α-hetero) is 1. The molecule has 0 atom stereocenters. The highest BCUT2D eigenvalue weighted by Crippen LogP contribution is 2.31. The standard InChI is InChI=1S/C21H24ClNO4/c1-6-27-20-9-7-14(13-18(20)23(2)3)21(24)17(22)12-15-11-16(25-4)8-10-19(15)26-5/h7-13H,6H2,1-5H3/b17-12+. The summed E-state index contributed by atoms with van der Waals surface area (Å²) in [5, 5.41) is 0.0791. The Hall–Kier alpha value is -2.66. The highest BCUT2D eigenvalue weighted by atomic mass is 35.5. The van der Waals surface area contributed by atoms with Gasteiger partial charge in [-0.05, 0) is 49.4 Å². The summed E-state index contributed by atoms with van der Waals surface area (Å²) in [6.45, 7) is 2.46. The Balaban J connectivity index is 2.40. The molecule has 0 fully saturated rings. The SMILES string of the molecule is CCOc1ccc(C(=O)/C(Cl)=C\c2cc(OC)ccc2OC)cc1N(C)C. The second-order valence-electron chi connectivity index (χ2n) is 5.94. The number of ketones is 1. The molecule has 0 aliphatic rings. The van der Waals surface area contributed by atoms with E-state index in [0.717, 1.165) is 5.69 Å². The van der Waals surface area contributed by atoms with Crippen molar-refractivity contribution >= 4 is 29.1 Å². The number of hydrogen-bond acceptors (Lipinski definition) is 5. The molecule has 0 heterocycles. The van der Waals surface area contributed by atoms with Crippen molar-refractivity contribution in [3.63, 3.8) is 0 Å². The summed E-state index contributed by atoms with van der Waals surface area (Å²) in [6, 6.07) is 10.6. The molecule has 0 aromatic heterocycles. The summed E-state index contributed by atoms with van der Waals surface area (Å²) in [4.78, 5) is 14.7. The number of carbonyl (C=O) groups is 1. The van der Waals surface area contributed by atoms with Crippen LogP contribution in [0.15, 0.2) is 41.4 Å². The summed E-state index contributed by atoms with van der Waals surface area (Å²) in [5.74, 6) is 1.68. The molecule has 0 radical (unpaired) electrons. The Bertz CT molecular complexity index is 846. The minimum Gasteiger partial charge on any atom is -0.497 e. The zero-order valence-electron chi connectivity index (χ0n) is 16.2. The normalized spacial score (nSPS) is 11.1. The van der Waals surface area contributed by atoms with E-state index >= 15 is 0 Å². The minimum atomic E-state index is -0.285. The quantitative estimate of drug-likeness (QED) is 0.486. The first kappa shape index (κ1) is 20.6. The van der Waals surface area contributed by atoms with E-state index in [1.54, 1.807) is 56.7 Å². The summed E-state index contributed by atoms with van der Waals surface area (Å²) < 4.78 is 16.2. The van der Waals surface area contributed by atoms with Gasteiger partial charge in [-0.1, -0.05) is 11.6 Å². The Labute approximate surface area is 165 Å². The third kappa shape index (κ3) is 4.95. The van der Waals surface area contributed by atoms with Crippen LogP contribution in [0.25, 0.3) is 6.08 Å². The van der Waals surface area contributed by atoms with Crippen LogP contribution < -0.4 is 19.1 Å². The van der Waals surface area contributed by atoms with Gasteiger partial charge in [-0.3, -0.25) is 4.79 Å². The van der Waals surface area contributed by atoms with Crippen LogP contribution in [0.2, 0.25) is 0 Å². The summed E-state index contributed by atoms with van der Waals surface area (Å²) in [5.41, 5.74) is 1.95. The second-order valence-corrected chi connectivity index (χ2v) is 6.35. The summed E-state index contributed by atoms with van der Waals surface area (Å²) in [7, 11) is 6.92. The van der Waals surface area contributed by atoms with Crippen LogP contribution in [-0.2, 0) is 0 Å². The maximum atomic E-state index is 12.8. The lowest BCUT2D eigenvalue weighted by Crippen LogP contribution is -2.12. The Kier molecular flexibility index (Phi) is 7.13. The highest BCUT2D eigenvalue weighted by molar-refractivity contribution is 6.47. The number of allylic oxidation sites excluding steroid dienone is 1. The fourth-order valence-corrected chi connectivity index (χ4v) is 2.80. The molecule has 0 saturated carbocycles. The van der Waals surface area contributed by atoms with E-state index in [0.29, 0.717) is 35.0 Å². The predicted molar refractivity (Wildman–Crippen MR) is 110 cm³/mol. The van der Waals surface area contributed by atoms with Crippen molar-refractivity contribution < 1.29 is 19.0 Å². The van der Waals surface area contributed by atoms with Gasteiger partial charge in [-0.2, -0.15) is 0 Å².